The molecule has 20 heavy (non-hydrogen) atoms. The van der Waals surface area contributed by atoms with Gasteiger partial charge in [0.25, 0.3) is 0 Å². The zero-order chi connectivity index (χ0) is 15.5. The van der Waals surface area contributed by atoms with Crippen LogP contribution in [0.15, 0.2) is 12.5 Å². The van der Waals surface area contributed by atoms with Crippen LogP contribution in [0.4, 0.5) is 4.79 Å². The molecule has 0 fully saturated rings. The molecule has 7 nitrogen and oxygen atoms in total. The summed E-state index contributed by atoms with van der Waals surface area (Å²) >= 11 is 0. The molecule has 0 aliphatic rings. The van der Waals surface area contributed by atoms with Crippen molar-refractivity contribution in [2.24, 2.45) is 7.05 Å². The number of hydrogen-bond acceptors (Lipinski definition) is 4. The molecule has 0 saturated heterocycles. The molecule has 1 rings (SSSR count). The lowest BCUT2D eigenvalue weighted by Crippen LogP contribution is -2.46. The largest absolute Gasteiger partial charge is 0.480 e. The molecule has 0 bridgehead atoms. The third-order valence-electron chi connectivity index (χ3n) is 2.59. The number of carbonyl (C=O) groups is 2. The predicted molar refractivity (Wildman–Crippen MR) is 72.3 cm³/mol. The number of hydrogen-bond donors (Lipinski definition) is 1. The Labute approximate surface area is 118 Å². The van der Waals surface area contributed by atoms with Crippen LogP contribution in [0.2, 0.25) is 0 Å². The summed E-state index contributed by atoms with van der Waals surface area (Å²) < 4.78 is 6.90. The maximum absolute atomic E-state index is 11.9. The van der Waals surface area contributed by atoms with E-state index < -0.39 is 23.7 Å². The molecule has 1 atom stereocenters. The molecule has 0 aromatic carbocycles. The molecule has 0 aliphatic heterocycles. The molecule has 1 heterocycles. The van der Waals surface area contributed by atoms with Crippen molar-refractivity contribution in [2.75, 3.05) is 7.05 Å². The highest BCUT2D eigenvalue weighted by atomic mass is 16.6. The van der Waals surface area contributed by atoms with Crippen molar-refractivity contribution in [3.05, 3.63) is 18.2 Å². The molecule has 0 unspecified atom stereocenters. The summed E-state index contributed by atoms with van der Waals surface area (Å²) in [6, 6.07) is -1.01. The molecule has 1 amide bonds. The van der Waals surface area contributed by atoms with Gasteiger partial charge in [-0.05, 0) is 20.8 Å². The fourth-order valence-electron chi connectivity index (χ4n) is 1.62. The highest BCUT2D eigenvalue weighted by molar-refractivity contribution is 5.80. The third-order valence-corrected chi connectivity index (χ3v) is 2.59. The molecule has 112 valence electrons. The number of carboxylic acid groups (broad SMARTS) is 1. The molecular weight excluding hydrogens is 262 g/mol. The molecule has 0 radical (unpaired) electrons. The Bertz CT molecular complexity index is 490. The van der Waals surface area contributed by atoms with Crippen LogP contribution in [0, 0.1) is 0 Å². The molecule has 7 heteroatoms. The number of aliphatic carboxylic acids is 1. The second-order valence-electron chi connectivity index (χ2n) is 5.68. The van der Waals surface area contributed by atoms with Crippen molar-refractivity contribution in [3.63, 3.8) is 0 Å². The van der Waals surface area contributed by atoms with Crippen LogP contribution < -0.4 is 0 Å². The van der Waals surface area contributed by atoms with E-state index in [1.807, 2.05) is 0 Å². The normalized spacial score (nSPS) is 12.8. The summed E-state index contributed by atoms with van der Waals surface area (Å²) in [5, 5.41) is 9.27. The SMILES string of the molecule is CN(C(=O)OC(C)(C)C)[C@@H](Cc1cn(C)cn1)C(=O)O. The lowest BCUT2D eigenvalue weighted by molar-refractivity contribution is -0.142. The van der Waals surface area contributed by atoms with E-state index in [0.29, 0.717) is 5.69 Å². The predicted octanol–water partition coefficient (Wildman–Crippen LogP) is 1.28. The van der Waals surface area contributed by atoms with Crippen LogP contribution in [0.1, 0.15) is 26.5 Å². The number of aromatic nitrogens is 2. The van der Waals surface area contributed by atoms with Crippen molar-refractivity contribution >= 4 is 12.1 Å². The van der Waals surface area contributed by atoms with Crippen LogP contribution >= 0.6 is 0 Å². The lowest BCUT2D eigenvalue weighted by atomic mass is 10.1. The van der Waals surface area contributed by atoms with Crippen molar-refractivity contribution in [3.8, 4) is 0 Å². The zero-order valence-corrected chi connectivity index (χ0v) is 12.5. The topological polar surface area (TPSA) is 84.7 Å². The van der Waals surface area contributed by atoms with Crippen LogP contribution in [-0.4, -0.2) is 50.3 Å². The molecule has 1 aromatic heterocycles. The van der Waals surface area contributed by atoms with Gasteiger partial charge in [-0.25, -0.2) is 14.6 Å². The number of rotatable bonds is 4. The molecule has 1 aromatic rings. The third kappa shape index (κ3) is 4.56. The molecule has 1 N–H and O–H groups in total. The quantitative estimate of drug-likeness (QED) is 0.899. The number of aryl methyl sites for hydroxylation is 1. The summed E-state index contributed by atoms with van der Waals surface area (Å²) in [5.74, 6) is -1.09. The summed E-state index contributed by atoms with van der Waals surface area (Å²) in [5.41, 5.74) is -0.0605. The number of likely N-dealkylation sites (N-methyl/N-ethyl adjacent to an activating group) is 1. The first-order chi connectivity index (χ1) is 9.10. The van der Waals surface area contributed by atoms with Gasteiger partial charge in [-0.1, -0.05) is 0 Å². The number of imidazole rings is 1. The molecular formula is C13H21N3O4. The first-order valence-corrected chi connectivity index (χ1v) is 6.25. The van der Waals surface area contributed by atoms with E-state index in [0.717, 1.165) is 4.90 Å². The highest BCUT2D eigenvalue weighted by Gasteiger charge is 2.30. The van der Waals surface area contributed by atoms with Gasteiger partial charge in [-0.15, -0.1) is 0 Å². The zero-order valence-electron chi connectivity index (χ0n) is 12.5. The highest BCUT2D eigenvalue weighted by Crippen LogP contribution is 2.13. The first-order valence-electron chi connectivity index (χ1n) is 6.25. The minimum atomic E-state index is -1.09. The maximum atomic E-state index is 11.9. The Morgan fingerprint density at radius 2 is 2.10 bits per heavy atom. The summed E-state index contributed by atoms with van der Waals surface area (Å²) in [4.78, 5) is 28.4. The number of carbonyl (C=O) groups excluding carboxylic acids is 1. The fraction of sp³-hybridized carbons (Fsp3) is 0.615. The van der Waals surface area contributed by atoms with E-state index in [2.05, 4.69) is 4.98 Å². The number of amides is 1. The van der Waals surface area contributed by atoms with Crippen molar-refractivity contribution < 1.29 is 19.4 Å². The Morgan fingerprint density at radius 1 is 1.50 bits per heavy atom. The van der Waals surface area contributed by atoms with Crippen molar-refractivity contribution in [1.82, 2.24) is 14.5 Å². The van der Waals surface area contributed by atoms with Crippen molar-refractivity contribution in [1.29, 1.82) is 0 Å². The number of carboxylic acids is 1. The van der Waals surface area contributed by atoms with E-state index in [1.54, 1.807) is 44.9 Å². The minimum Gasteiger partial charge on any atom is -0.480 e. The minimum absolute atomic E-state index is 0.131. The second kappa shape index (κ2) is 5.94. The number of ether oxygens (including phenoxy) is 1. The number of nitrogens with zero attached hydrogens (tertiary/aromatic N) is 3. The van der Waals surface area contributed by atoms with Gasteiger partial charge in [0.05, 0.1) is 12.0 Å². The summed E-state index contributed by atoms with van der Waals surface area (Å²) in [7, 11) is 3.21. The summed E-state index contributed by atoms with van der Waals surface area (Å²) in [6.07, 6.45) is 2.77. The van der Waals surface area contributed by atoms with E-state index in [1.165, 1.54) is 7.05 Å². The van der Waals surface area contributed by atoms with Gasteiger partial charge in [0.1, 0.15) is 11.6 Å². The van der Waals surface area contributed by atoms with E-state index in [-0.39, 0.29) is 6.42 Å². The van der Waals surface area contributed by atoms with Gasteiger partial charge in [0, 0.05) is 26.7 Å². The van der Waals surface area contributed by atoms with E-state index >= 15 is 0 Å². The molecule has 0 saturated carbocycles. The van der Waals surface area contributed by atoms with Gasteiger partial charge in [-0.3, -0.25) is 4.90 Å². The van der Waals surface area contributed by atoms with Gasteiger partial charge < -0.3 is 14.4 Å². The smallest absolute Gasteiger partial charge is 0.410 e. The van der Waals surface area contributed by atoms with Gasteiger partial charge in [0.15, 0.2) is 0 Å². The monoisotopic (exact) mass is 283 g/mol. The second-order valence-corrected chi connectivity index (χ2v) is 5.68. The Kier molecular flexibility index (Phi) is 4.75. The van der Waals surface area contributed by atoms with E-state index in [4.69, 9.17) is 4.74 Å². The fourth-order valence-corrected chi connectivity index (χ4v) is 1.62. The van der Waals surface area contributed by atoms with Gasteiger partial charge >= 0.3 is 12.1 Å². The van der Waals surface area contributed by atoms with Crippen LogP contribution in [-0.2, 0) is 23.0 Å². The van der Waals surface area contributed by atoms with Crippen LogP contribution in [0.25, 0.3) is 0 Å². The maximum Gasteiger partial charge on any atom is 0.410 e. The Morgan fingerprint density at radius 3 is 2.50 bits per heavy atom. The van der Waals surface area contributed by atoms with Gasteiger partial charge in [0.2, 0.25) is 0 Å². The Hall–Kier alpha value is -2.05. The van der Waals surface area contributed by atoms with Crippen LogP contribution in [0.5, 0.6) is 0 Å². The lowest BCUT2D eigenvalue weighted by Gasteiger charge is -2.28. The van der Waals surface area contributed by atoms with Crippen molar-refractivity contribution in [2.45, 2.75) is 38.8 Å². The Balaban J connectivity index is 2.80. The molecule has 0 aliphatic carbocycles. The average molecular weight is 283 g/mol. The van der Waals surface area contributed by atoms with Crippen LogP contribution in [0.3, 0.4) is 0 Å². The summed E-state index contributed by atoms with van der Waals surface area (Å²) in [6.45, 7) is 5.19. The first kappa shape index (κ1) is 16.0. The van der Waals surface area contributed by atoms with Gasteiger partial charge in [-0.2, -0.15) is 0 Å². The average Bonchev–Trinajstić information content (AvgIpc) is 2.68. The molecule has 0 spiro atoms. The van der Waals surface area contributed by atoms with E-state index in [9.17, 15) is 14.7 Å². The standard InChI is InChI=1S/C13H21N3O4/c1-13(2,3)20-12(19)16(5)10(11(17)18)6-9-7-15(4)8-14-9/h7-8,10H,6H2,1-5H3,(H,17,18)/t10-/m0/s1.